The van der Waals surface area contributed by atoms with Crippen molar-refractivity contribution in [3.63, 3.8) is 0 Å². The molecule has 1 atom stereocenters. The molecule has 0 spiro atoms. The molecule has 1 aliphatic rings. The topological polar surface area (TPSA) is 111 Å². The third kappa shape index (κ3) is 10.9. The van der Waals surface area contributed by atoms with Crippen LogP contribution in [-0.4, -0.2) is 36.2 Å². The number of ether oxygens (including phenoxy) is 2. The van der Waals surface area contributed by atoms with Gasteiger partial charge in [0.1, 0.15) is 11.5 Å². The van der Waals surface area contributed by atoms with Gasteiger partial charge < -0.3 is 20.1 Å². The molecule has 1 fully saturated rings. The highest BCUT2D eigenvalue weighted by Crippen LogP contribution is 2.25. The number of amides is 2. The third-order valence-electron chi connectivity index (χ3n) is 8.37. The van der Waals surface area contributed by atoms with Gasteiger partial charge in [0.2, 0.25) is 5.91 Å². The van der Waals surface area contributed by atoms with Gasteiger partial charge in [-0.25, -0.2) is 4.79 Å². The van der Waals surface area contributed by atoms with Gasteiger partial charge in [0.05, 0.1) is 18.2 Å². The molecule has 46 heavy (non-hydrogen) atoms. The number of hydrogen-bond acceptors (Lipinski definition) is 6. The Labute approximate surface area is 272 Å². The Morgan fingerprint density at radius 3 is 2.04 bits per heavy atom. The summed E-state index contributed by atoms with van der Waals surface area (Å²) in [5, 5.41) is 5.77. The highest BCUT2D eigenvalue weighted by atomic mass is 16.5. The number of carbonyl (C=O) groups is 4. The molecule has 3 aromatic carbocycles. The summed E-state index contributed by atoms with van der Waals surface area (Å²) in [6, 6.07) is 19.7. The highest BCUT2D eigenvalue weighted by Gasteiger charge is 2.22. The molecule has 8 nitrogen and oxygen atoms in total. The zero-order valence-corrected chi connectivity index (χ0v) is 27.0. The van der Waals surface area contributed by atoms with Crippen LogP contribution in [-0.2, 0) is 16.0 Å². The first-order valence-corrected chi connectivity index (χ1v) is 16.6. The number of ketones is 1. The van der Waals surface area contributed by atoms with Crippen LogP contribution in [0.25, 0.3) is 0 Å². The van der Waals surface area contributed by atoms with Gasteiger partial charge in [-0.15, -0.1) is 0 Å². The lowest BCUT2D eigenvalue weighted by Gasteiger charge is -2.20. The van der Waals surface area contributed by atoms with Crippen LogP contribution in [0, 0.1) is 5.92 Å². The molecule has 2 N–H and O–H groups in total. The lowest BCUT2D eigenvalue weighted by Crippen LogP contribution is -2.41. The Bertz CT molecular complexity index is 1430. The molecule has 3 aromatic rings. The molecular weight excluding hydrogens is 580 g/mol. The molecule has 0 saturated heterocycles. The number of esters is 1. The molecule has 0 radical (unpaired) electrons. The van der Waals surface area contributed by atoms with E-state index in [1.54, 1.807) is 72.8 Å². The van der Waals surface area contributed by atoms with E-state index in [0.29, 0.717) is 29.2 Å². The van der Waals surface area contributed by atoms with Crippen molar-refractivity contribution in [1.29, 1.82) is 0 Å². The zero-order valence-electron chi connectivity index (χ0n) is 27.0. The molecule has 0 unspecified atom stereocenters. The molecule has 0 aromatic heterocycles. The number of benzene rings is 3. The first kappa shape index (κ1) is 34.4. The van der Waals surface area contributed by atoms with E-state index in [9.17, 15) is 19.2 Å². The van der Waals surface area contributed by atoms with Gasteiger partial charge in [0.25, 0.3) is 5.91 Å². The van der Waals surface area contributed by atoms with Crippen LogP contribution in [0.1, 0.15) is 104 Å². The van der Waals surface area contributed by atoms with Crippen LogP contribution in [0.5, 0.6) is 11.5 Å². The SMILES string of the molecule is CCCCCCCOc1ccc(C(=O)Oc2ccc(C[C@H](NC(=O)c3ccc(NC(=O)C4CCCCC4)cc3)C(C)=O)cc2)cc1. The second-order valence-electron chi connectivity index (χ2n) is 12.1. The summed E-state index contributed by atoms with van der Waals surface area (Å²) < 4.78 is 11.3. The van der Waals surface area contributed by atoms with Crippen LogP contribution < -0.4 is 20.1 Å². The van der Waals surface area contributed by atoms with E-state index < -0.39 is 12.0 Å². The van der Waals surface area contributed by atoms with Crippen LogP contribution >= 0.6 is 0 Å². The number of hydrogen-bond donors (Lipinski definition) is 2. The first-order valence-electron chi connectivity index (χ1n) is 16.6. The quantitative estimate of drug-likeness (QED) is 0.0958. The van der Waals surface area contributed by atoms with E-state index in [-0.39, 0.29) is 29.9 Å². The Morgan fingerprint density at radius 1 is 0.761 bits per heavy atom. The second-order valence-corrected chi connectivity index (χ2v) is 12.1. The number of carbonyl (C=O) groups excluding carboxylic acids is 4. The zero-order chi connectivity index (χ0) is 32.7. The molecule has 4 rings (SSSR count). The van der Waals surface area contributed by atoms with Gasteiger partial charge in [0.15, 0.2) is 5.78 Å². The third-order valence-corrected chi connectivity index (χ3v) is 8.37. The molecule has 244 valence electrons. The number of rotatable bonds is 16. The summed E-state index contributed by atoms with van der Waals surface area (Å²) >= 11 is 0. The van der Waals surface area contributed by atoms with E-state index in [1.165, 1.54) is 32.6 Å². The predicted molar refractivity (Wildman–Crippen MR) is 179 cm³/mol. The average molecular weight is 627 g/mol. The largest absolute Gasteiger partial charge is 0.494 e. The van der Waals surface area contributed by atoms with Crippen molar-refractivity contribution in [3.05, 3.63) is 89.5 Å². The van der Waals surface area contributed by atoms with E-state index in [0.717, 1.165) is 49.8 Å². The number of unbranched alkanes of at least 4 members (excludes halogenated alkanes) is 4. The molecule has 2 amide bonds. The molecule has 1 aliphatic carbocycles. The molecule has 0 heterocycles. The van der Waals surface area contributed by atoms with Crippen molar-refractivity contribution in [1.82, 2.24) is 5.32 Å². The van der Waals surface area contributed by atoms with Gasteiger partial charge in [-0.3, -0.25) is 14.4 Å². The fraction of sp³-hybridized carbons (Fsp3) is 0.421. The van der Waals surface area contributed by atoms with Crippen molar-refractivity contribution in [3.8, 4) is 11.5 Å². The van der Waals surface area contributed by atoms with Gasteiger partial charge >= 0.3 is 5.97 Å². The monoisotopic (exact) mass is 626 g/mol. The van der Waals surface area contributed by atoms with Gasteiger partial charge in [-0.05, 0) is 98.8 Å². The molecule has 0 bridgehead atoms. The fourth-order valence-electron chi connectivity index (χ4n) is 5.53. The van der Waals surface area contributed by atoms with E-state index in [4.69, 9.17) is 9.47 Å². The maximum atomic E-state index is 12.9. The molecular formula is C38H46N2O6. The normalized spacial score (nSPS) is 13.8. The Hall–Kier alpha value is -4.46. The van der Waals surface area contributed by atoms with Crippen molar-refractivity contribution < 1.29 is 28.7 Å². The van der Waals surface area contributed by atoms with Crippen LogP contribution in [0.15, 0.2) is 72.8 Å². The minimum atomic E-state index is -0.733. The van der Waals surface area contributed by atoms with Crippen LogP contribution in [0.4, 0.5) is 5.69 Å². The van der Waals surface area contributed by atoms with Crippen molar-refractivity contribution in [2.45, 2.75) is 90.5 Å². The summed E-state index contributed by atoms with van der Waals surface area (Å²) in [6.07, 6.45) is 11.3. The molecule has 1 saturated carbocycles. The maximum absolute atomic E-state index is 12.9. The van der Waals surface area contributed by atoms with Crippen LogP contribution in [0.2, 0.25) is 0 Å². The van der Waals surface area contributed by atoms with Gasteiger partial charge in [-0.2, -0.15) is 0 Å². The van der Waals surface area contributed by atoms with Crippen molar-refractivity contribution >= 4 is 29.3 Å². The van der Waals surface area contributed by atoms with E-state index in [2.05, 4.69) is 17.6 Å². The predicted octanol–water partition coefficient (Wildman–Crippen LogP) is 7.70. The summed E-state index contributed by atoms with van der Waals surface area (Å²) in [7, 11) is 0. The van der Waals surface area contributed by atoms with Crippen LogP contribution in [0.3, 0.4) is 0 Å². The summed E-state index contributed by atoms with van der Waals surface area (Å²) in [4.78, 5) is 50.5. The summed E-state index contributed by atoms with van der Waals surface area (Å²) in [6.45, 7) is 4.29. The maximum Gasteiger partial charge on any atom is 0.343 e. The lowest BCUT2D eigenvalue weighted by atomic mass is 9.88. The number of Topliss-reactive ketones (excluding diaryl/α,β-unsaturated/α-hetero) is 1. The standard InChI is InChI=1S/C38H46N2O6/c1-3-4-5-6-10-25-45-33-23-17-31(18-24-33)38(44)46-34-21-13-28(14-22-34)26-35(27(2)41)40-37(43)30-15-19-32(20-16-30)39-36(42)29-11-8-7-9-12-29/h13-24,29,35H,3-12,25-26H2,1-2H3,(H,39,42)(H,40,43)/t35-/m0/s1. The van der Waals surface area contributed by atoms with E-state index >= 15 is 0 Å². The number of nitrogens with one attached hydrogen (secondary N) is 2. The van der Waals surface area contributed by atoms with Crippen molar-refractivity contribution in [2.75, 3.05) is 11.9 Å². The molecule has 8 heteroatoms. The Kier molecular flexibility index (Phi) is 13.4. The minimum absolute atomic E-state index is 0.0252. The smallest absolute Gasteiger partial charge is 0.343 e. The first-order chi connectivity index (χ1) is 22.3. The molecule has 0 aliphatic heterocycles. The highest BCUT2D eigenvalue weighted by molar-refractivity contribution is 5.98. The fourth-order valence-corrected chi connectivity index (χ4v) is 5.53. The summed E-state index contributed by atoms with van der Waals surface area (Å²) in [5.41, 5.74) is 2.26. The lowest BCUT2D eigenvalue weighted by molar-refractivity contribution is -0.121. The number of anilines is 1. The average Bonchev–Trinajstić information content (AvgIpc) is 3.07. The van der Waals surface area contributed by atoms with Gasteiger partial charge in [-0.1, -0.05) is 64.0 Å². The van der Waals surface area contributed by atoms with Gasteiger partial charge in [0, 0.05) is 17.2 Å². The van der Waals surface area contributed by atoms with Crippen molar-refractivity contribution in [2.24, 2.45) is 5.92 Å². The van der Waals surface area contributed by atoms with E-state index in [1.807, 2.05) is 0 Å². The second kappa shape index (κ2) is 17.9. The Morgan fingerprint density at radius 2 is 1.39 bits per heavy atom. The minimum Gasteiger partial charge on any atom is -0.494 e. The summed E-state index contributed by atoms with van der Waals surface area (Å²) in [5.74, 6) is 0.133. The Balaban J connectivity index is 1.24.